The normalized spacial score (nSPS) is 16.7. The highest BCUT2D eigenvalue weighted by Crippen LogP contribution is 2.32. The lowest BCUT2D eigenvalue weighted by Gasteiger charge is -2.29. The summed E-state index contributed by atoms with van der Waals surface area (Å²) in [6, 6.07) is 20.6. The number of ether oxygens (including phenoxy) is 1. The van der Waals surface area contributed by atoms with E-state index in [1.807, 2.05) is 56.4 Å². The van der Waals surface area contributed by atoms with Crippen LogP contribution in [0.1, 0.15) is 53.4 Å². The monoisotopic (exact) mass is 474 g/mol. The molecule has 174 valence electrons. The molecule has 1 N–H and O–H groups in total. The number of hydrogen-bond donors (Lipinski definition) is 1. The minimum atomic E-state index is -0.102. The molecule has 2 atom stereocenters. The van der Waals surface area contributed by atoms with Gasteiger partial charge < -0.3 is 10.1 Å². The maximum atomic E-state index is 12.7. The maximum absolute atomic E-state index is 12.7. The minimum Gasteiger partial charge on any atom is -0.475 e. The number of amides is 1. The van der Waals surface area contributed by atoms with Crippen molar-refractivity contribution in [2.45, 2.75) is 38.5 Å². The van der Waals surface area contributed by atoms with Crippen molar-refractivity contribution in [2.75, 3.05) is 13.1 Å². The smallest absolute Gasteiger partial charge is 0.251 e. The lowest BCUT2D eigenvalue weighted by Crippen LogP contribution is -2.38. The van der Waals surface area contributed by atoms with Crippen molar-refractivity contribution in [1.82, 2.24) is 15.2 Å². The third-order valence-electron chi connectivity index (χ3n) is 5.81. The molecular weight excluding hydrogens is 448 g/mol. The van der Waals surface area contributed by atoms with E-state index in [9.17, 15) is 10.1 Å². The summed E-state index contributed by atoms with van der Waals surface area (Å²) in [5.41, 5.74) is 3.32. The molecule has 34 heavy (non-hydrogen) atoms. The summed E-state index contributed by atoms with van der Waals surface area (Å²) >= 11 is 5.94. The topological polar surface area (TPSA) is 78.2 Å². The van der Waals surface area contributed by atoms with Crippen molar-refractivity contribution in [3.63, 3.8) is 0 Å². The number of carbonyl (C=O) groups excluding carboxylic acids is 1. The molecule has 4 rings (SSSR count). The number of hydrogen-bond acceptors (Lipinski definition) is 5. The third kappa shape index (κ3) is 5.74. The number of benzene rings is 2. The highest BCUT2D eigenvalue weighted by atomic mass is 35.5. The number of nitrogens with one attached hydrogen (secondary N) is 1. The van der Waals surface area contributed by atoms with Gasteiger partial charge in [0.1, 0.15) is 0 Å². The highest BCUT2D eigenvalue weighted by molar-refractivity contribution is 6.30. The quantitative estimate of drug-likeness (QED) is 0.522. The molecule has 0 aliphatic carbocycles. The molecule has 1 aliphatic rings. The van der Waals surface area contributed by atoms with Gasteiger partial charge >= 0.3 is 0 Å². The molecule has 1 aromatic heterocycles. The SMILES string of the molecule is CC(C)Oc1ccc(C(c2ccc(C#N)cc2)N2CC[C@@H](NC(=O)c3ccc(Cl)cc3)C2)cn1. The summed E-state index contributed by atoms with van der Waals surface area (Å²) in [6.45, 7) is 5.46. The van der Waals surface area contributed by atoms with Crippen molar-refractivity contribution >= 4 is 17.5 Å². The van der Waals surface area contributed by atoms with Crippen LogP contribution < -0.4 is 10.1 Å². The minimum absolute atomic E-state index is 0.0283. The van der Waals surface area contributed by atoms with Crippen molar-refractivity contribution in [3.8, 4) is 11.9 Å². The van der Waals surface area contributed by atoms with Gasteiger partial charge in [-0.05, 0) is 67.8 Å². The molecule has 2 heterocycles. The van der Waals surface area contributed by atoms with Crippen LogP contribution in [0.5, 0.6) is 5.88 Å². The molecule has 0 spiro atoms. The van der Waals surface area contributed by atoms with Crippen LogP contribution in [0.25, 0.3) is 0 Å². The van der Waals surface area contributed by atoms with Gasteiger partial charge in [0.15, 0.2) is 0 Å². The molecule has 1 saturated heterocycles. The van der Waals surface area contributed by atoms with E-state index >= 15 is 0 Å². The summed E-state index contributed by atoms with van der Waals surface area (Å²) in [6.07, 6.45) is 2.74. The fraction of sp³-hybridized carbons (Fsp3) is 0.296. The van der Waals surface area contributed by atoms with Crippen molar-refractivity contribution in [1.29, 1.82) is 5.26 Å². The van der Waals surface area contributed by atoms with Gasteiger partial charge in [-0.25, -0.2) is 4.98 Å². The maximum Gasteiger partial charge on any atom is 0.251 e. The predicted molar refractivity (Wildman–Crippen MR) is 132 cm³/mol. The standard InChI is InChI=1S/C27H27ClN4O2/c1-18(2)34-25-12-9-22(16-30-25)26(20-5-3-19(15-29)4-6-20)32-14-13-24(17-32)31-27(33)21-7-10-23(28)11-8-21/h3-12,16,18,24,26H,13-14,17H2,1-2H3,(H,31,33)/t24-,26?/m1/s1. The summed E-state index contributed by atoms with van der Waals surface area (Å²) in [5.74, 6) is 0.488. The molecule has 0 bridgehead atoms. The Bertz CT molecular complexity index is 1160. The number of likely N-dealkylation sites (tertiary alicyclic amines) is 1. The van der Waals surface area contributed by atoms with Gasteiger partial charge in [-0.15, -0.1) is 0 Å². The molecule has 1 amide bonds. The van der Waals surface area contributed by atoms with Crippen LogP contribution in [-0.4, -0.2) is 41.0 Å². The van der Waals surface area contributed by atoms with E-state index in [0.717, 1.165) is 24.1 Å². The van der Waals surface area contributed by atoms with Crippen molar-refractivity contribution in [3.05, 3.63) is 94.1 Å². The fourth-order valence-corrected chi connectivity index (χ4v) is 4.35. The molecule has 2 aromatic carbocycles. The number of pyridine rings is 1. The van der Waals surface area contributed by atoms with Crippen LogP contribution in [0.2, 0.25) is 5.02 Å². The number of rotatable bonds is 7. The largest absolute Gasteiger partial charge is 0.475 e. The second-order valence-electron chi connectivity index (χ2n) is 8.69. The second kappa shape index (κ2) is 10.7. The average Bonchev–Trinajstić information content (AvgIpc) is 3.28. The third-order valence-corrected chi connectivity index (χ3v) is 6.07. The van der Waals surface area contributed by atoms with Crippen LogP contribution in [0.3, 0.4) is 0 Å². The molecule has 1 unspecified atom stereocenters. The number of aromatic nitrogens is 1. The lowest BCUT2D eigenvalue weighted by molar-refractivity contribution is 0.0937. The van der Waals surface area contributed by atoms with Crippen molar-refractivity contribution < 1.29 is 9.53 Å². The molecule has 0 radical (unpaired) electrons. The van der Waals surface area contributed by atoms with E-state index in [-0.39, 0.29) is 24.1 Å². The first-order chi connectivity index (χ1) is 16.4. The van der Waals surface area contributed by atoms with Gasteiger partial charge in [-0.2, -0.15) is 5.26 Å². The summed E-state index contributed by atoms with van der Waals surface area (Å²) in [5, 5.41) is 12.9. The average molecular weight is 475 g/mol. The Kier molecular flexibility index (Phi) is 7.46. The molecule has 3 aromatic rings. The van der Waals surface area contributed by atoms with Crippen LogP contribution in [-0.2, 0) is 0 Å². The number of nitrogens with zero attached hydrogens (tertiary/aromatic N) is 3. The Balaban J connectivity index is 1.53. The van der Waals surface area contributed by atoms with E-state index in [0.29, 0.717) is 28.6 Å². The predicted octanol–water partition coefficient (Wildman–Crippen LogP) is 4.99. The Morgan fingerprint density at radius 1 is 1.12 bits per heavy atom. The van der Waals surface area contributed by atoms with Gasteiger partial charge in [0.25, 0.3) is 5.91 Å². The van der Waals surface area contributed by atoms with Gasteiger partial charge in [-0.1, -0.05) is 29.8 Å². The Labute approximate surface area is 205 Å². The molecule has 6 nitrogen and oxygen atoms in total. The molecular formula is C27H27ClN4O2. The zero-order chi connectivity index (χ0) is 24.1. The molecule has 7 heteroatoms. The van der Waals surface area contributed by atoms with Crippen LogP contribution in [0, 0.1) is 11.3 Å². The highest BCUT2D eigenvalue weighted by Gasteiger charge is 2.31. The number of carbonyl (C=O) groups is 1. The first-order valence-corrected chi connectivity index (χ1v) is 11.7. The van der Waals surface area contributed by atoms with Gasteiger partial charge in [-0.3, -0.25) is 9.69 Å². The van der Waals surface area contributed by atoms with Crippen LogP contribution in [0.15, 0.2) is 66.9 Å². The molecule has 1 aliphatic heterocycles. The number of halogens is 1. The molecule has 1 fully saturated rings. The van der Waals surface area contributed by atoms with Crippen molar-refractivity contribution in [2.24, 2.45) is 0 Å². The Morgan fingerprint density at radius 3 is 2.44 bits per heavy atom. The lowest BCUT2D eigenvalue weighted by atomic mass is 9.97. The van der Waals surface area contributed by atoms with E-state index in [1.165, 1.54) is 0 Å². The first kappa shape index (κ1) is 23.7. The second-order valence-corrected chi connectivity index (χ2v) is 9.13. The summed E-state index contributed by atoms with van der Waals surface area (Å²) in [4.78, 5) is 19.5. The van der Waals surface area contributed by atoms with E-state index < -0.39 is 0 Å². The zero-order valence-corrected chi connectivity index (χ0v) is 20.0. The summed E-state index contributed by atoms with van der Waals surface area (Å²) < 4.78 is 5.70. The van der Waals surface area contributed by atoms with Gasteiger partial charge in [0, 0.05) is 42.0 Å². The van der Waals surface area contributed by atoms with Crippen LogP contribution in [0.4, 0.5) is 0 Å². The van der Waals surface area contributed by atoms with Crippen LogP contribution >= 0.6 is 11.6 Å². The Morgan fingerprint density at radius 2 is 1.82 bits per heavy atom. The summed E-state index contributed by atoms with van der Waals surface area (Å²) in [7, 11) is 0. The van der Waals surface area contributed by atoms with E-state index in [2.05, 4.69) is 21.3 Å². The zero-order valence-electron chi connectivity index (χ0n) is 19.2. The van der Waals surface area contributed by atoms with Gasteiger partial charge in [0.05, 0.1) is 23.8 Å². The van der Waals surface area contributed by atoms with Gasteiger partial charge in [0.2, 0.25) is 5.88 Å². The first-order valence-electron chi connectivity index (χ1n) is 11.4. The Hall–Kier alpha value is -3.40. The number of nitriles is 1. The molecule has 0 saturated carbocycles. The van der Waals surface area contributed by atoms with E-state index in [4.69, 9.17) is 16.3 Å². The van der Waals surface area contributed by atoms with E-state index in [1.54, 1.807) is 24.3 Å². The fourth-order valence-electron chi connectivity index (χ4n) is 4.23.